The summed E-state index contributed by atoms with van der Waals surface area (Å²) in [6, 6.07) is 2.52. The van der Waals surface area contributed by atoms with Crippen molar-refractivity contribution < 1.29 is 5.11 Å². The molecule has 2 N–H and O–H groups in total. The van der Waals surface area contributed by atoms with Crippen LogP contribution in [0.4, 0.5) is 0 Å². The largest absolute Gasteiger partial charge is 0.388 e. The van der Waals surface area contributed by atoms with Crippen molar-refractivity contribution in [3.8, 4) is 6.07 Å². The number of aliphatic hydroxyl groups is 1. The van der Waals surface area contributed by atoms with Crippen molar-refractivity contribution in [2.75, 3.05) is 13.1 Å². The normalized spacial score (nSPS) is 41.9. The van der Waals surface area contributed by atoms with Gasteiger partial charge in [0.05, 0.1) is 17.1 Å². The van der Waals surface area contributed by atoms with Gasteiger partial charge in [-0.2, -0.15) is 5.26 Å². The maximum absolute atomic E-state index is 11.0. The van der Waals surface area contributed by atoms with Gasteiger partial charge in [-0.25, -0.2) is 0 Å². The van der Waals surface area contributed by atoms with Gasteiger partial charge in [0.25, 0.3) is 0 Å². The molecule has 1 heterocycles. The topological polar surface area (TPSA) is 56.0 Å². The summed E-state index contributed by atoms with van der Waals surface area (Å²) in [5, 5.41) is 24.0. The third kappa shape index (κ3) is 2.41. The molecule has 2 fully saturated rings. The zero-order valence-electron chi connectivity index (χ0n) is 11.5. The number of nitriles is 1. The molecule has 1 unspecified atom stereocenters. The molecule has 1 atom stereocenters. The van der Waals surface area contributed by atoms with Crippen LogP contribution in [0.1, 0.15) is 58.3 Å². The van der Waals surface area contributed by atoms with Crippen LogP contribution in [0.3, 0.4) is 0 Å². The number of hydrogen-bond acceptors (Lipinski definition) is 3. The standard InChI is InChI=1S/C15H26N2O/c1-2-13-4-7-14(12-16,8-5-13)15(18)6-3-10-17-11-9-15/h13,17-18H,2-11H2,1H3. The second-order valence-corrected chi connectivity index (χ2v) is 6.18. The maximum Gasteiger partial charge on any atom is 0.0861 e. The lowest BCUT2D eigenvalue weighted by molar-refractivity contribution is -0.0864. The van der Waals surface area contributed by atoms with Gasteiger partial charge in [-0.3, -0.25) is 0 Å². The molecule has 0 amide bonds. The van der Waals surface area contributed by atoms with E-state index >= 15 is 0 Å². The predicted molar refractivity (Wildman–Crippen MR) is 72.0 cm³/mol. The monoisotopic (exact) mass is 250 g/mol. The highest BCUT2D eigenvalue weighted by Gasteiger charge is 2.51. The van der Waals surface area contributed by atoms with Crippen molar-refractivity contribution in [3.63, 3.8) is 0 Å². The Morgan fingerprint density at radius 2 is 1.94 bits per heavy atom. The number of hydrogen-bond donors (Lipinski definition) is 2. The molecule has 18 heavy (non-hydrogen) atoms. The molecule has 0 radical (unpaired) electrons. The molecular formula is C15H26N2O. The molecule has 0 aromatic heterocycles. The summed E-state index contributed by atoms with van der Waals surface area (Å²) in [6.07, 6.45) is 7.71. The Morgan fingerprint density at radius 1 is 1.22 bits per heavy atom. The fourth-order valence-corrected chi connectivity index (χ4v) is 3.79. The molecule has 0 aromatic carbocycles. The summed E-state index contributed by atoms with van der Waals surface area (Å²) in [7, 11) is 0. The molecule has 0 aromatic rings. The summed E-state index contributed by atoms with van der Waals surface area (Å²) in [6.45, 7) is 4.05. The maximum atomic E-state index is 11.0. The highest BCUT2D eigenvalue weighted by atomic mass is 16.3. The Labute approximate surface area is 111 Å². The Hall–Kier alpha value is -0.590. The van der Waals surface area contributed by atoms with Crippen LogP contribution in [0, 0.1) is 22.7 Å². The van der Waals surface area contributed by atoms with Gasteiger partial charge in [-0.15, -0.1) is 0 Å². The summed E-state index contributed by atoms with van der Waals surface area (Å²) >= 11 is 0. The Balaban J connectivity index is 2.14. The quantitative estimate of drug-likeness (QED) is 0.792. The minimum absolute atomic E-state index is 0.481. The molecule has 1 aliphatic heterocycles. The molecule has 1 aliphatic carbocycles. The van der Waals surface area contributed by atoms with Crippen molar-refractivity contribution in [1.82, 2.24) is 5.32 Å². The van der Waals surface area contributed by atoms with E-state index in [0.717, 1.165) is 64.0 Å². The van der Waals surface area contributed by atoms with Gasteiger partial charge in [0, 0.05) is 0 Å². The first kappa shape index (κ1) is 13.8. The van der Waals surface area contributed by atoms with Crippen LogP contribution in [0.25, 0.3) is 0 Å². The Morgan fingerprint density at radius 3 is 2.56 bits per heavy atom. The minimum atomic E-state index is -0.760. The van der Waals surface area contributed by atoms with Gasteiger partial charge >= 0.3 is 0 Å². The van der Waals surface area contributed by atoms with Gasteiger partial charge in [0.2, 0.25) is 0 Å². The second-order valence-electron chi connectivity index (χ2n) is 6.18. The van der Waals surface area contributed by atoms with E-state index in [9.17, 15) is 10.4 Å². The Kier molecular flexibility index (Phi) is 4.29. The molecule has 0 spiro atoms. The summed E-state index contributed by atoms with van der Waals surface area (Å²) in [5.74, 6) is 0.763. The van der Waals surface area contributed by atoms with Crippen LogP contribution in [0.15, 0.2) is 0 Å². The average molecular weight is 250 g/mol. The zero-order chi connectivity index (χ0) is 13.1. The van der Waals surface area contributed by atoms with E-state index in [0.29, 0.717) is 0 Å². The molecule has 3 nitrogen and oxygen atoms in total. The van der Waals surface area contributed by atoms with Crippen LogP contribution < -0.4 is 5.32 Å². The lowest BCUT2D eigenvalue weighted by atomic mass is 9.59. The molecule has 2 rings (SSSR count). The molecule has 0 bridgehead atoms. The van der Waals surface area contributed by atoms with E-state index in [-0.39, 0.29) is 0 Å². The fourth-order valence-electron chi connectivity index (χ4n) is 3.79. The van der Waals surface area contributed by atoms with E-state index in [1.807, 2.05) is 0 Å². The number of nitrogens with one attached hydrogen (secondary N) is 1. The van der Waals surface area contributed by atoms with Gasteiger partial charge in [-0.1, -0.05) is 13.3 Å². The van der Waals surface area contributed by atoms with Crippen molar-refractivity contribution in [3.05, 3.63) is 0 Å². The van der Waals surface area contributed by atoms with Crippen molar-refractivity contribution in [2.45, 2.75) is 63.9 Å². The molecule has 3 heteroatoms. The first-order valence-corrected chi connectivity index (χ1v) is 7.50. The zero-order valence-corrected chi connectivity index (χ0v) is 11.5. The van der Waals surface area contributed by atoms with Crippen LogP contribution in [-0.4, -0.2) is 23.8 Å². The van der Waals surface area contributed by atoms with Gasteiger partial charge in [0.1, 0.15) is 0 Å². The van der Waals surface area contributed by atoms with Crippen molar-refractivity contribution in [1.29, 1.82) is 5.26 Å². The highest BCUT2D eigenvalue weighted by molar-refractivity contribution is 5.13. The van der Waals surface area contributed by atoms with Gasteiger partial charge in [0.15, 0.2) is 0 Å². The first-order valence-electron chi connectivity index (χ1n) is 7.50. The molecule has 1 saturated heterocycles. The van der Waals surface area contributed by atoms with Crippen LogP contribution in [-0.2, 0) is 0 Å². The minimum Gasteiger partial charge on any atom is -0.388 e. The van der Waals surface area contributed by atoms with E-state index in [4.69, 9.17) is 0 Å². The van der Waals surface area contributed by atoms with Gasteiger partial charge in [-0.05, 0) is 64.0 Å². The second kappa shape index (κ2) is 5.59. The average Bonchev–Trinajstić information content (AvgIpc) is 2.65. The summed E-state index contributed by atoms with van der Waals surface area (Å²) in [4.78, 5) is 0. The molecule has 1 saturated carbocycles. The fraction of sp³-hybridized carbons (Fsp3) is 0.933. The number of nitrogens with zero attached hydrogens (tertiary/aromatic N) is 1. The molecular weight excluding hydrogens is 224 g/mol. The first-order chi connectivity index (χ1) is 8.66. The van der Waals surface area contributed by atoms with E-state index in [1.165, 1.54) is 6.42 Å². The van der Waals surface area contributed by atoms with E-state index in [2.05, 4.69) is 18.3 Å². The lowest BCUT2D eigenvalue weighted by Gasteiger charge is -2.46. The summed E-state index contributed by atoms with van der Waals surface area (Å²) in [5.41, 5.74) is -1.24. The van der Waals surface area contributed by atoms with E-state index in [1.54, 1.807) is 0 Å². The van der Waals surface area contributed by atoms with Crippen molar-refractivity contribution >= 4 is 0 Å². The number of rotatable bonds is 2. The SMILES string of the molecule is CCC1CCC(C#N)(C2(O)CCCNCC2)CC1. The third-order valence-electron chi connectivity index (χ3n) is 5.30. The molecule has 2 aliphatic rings. The van der Waals surface area contributed by atoms with Crippen LogP contribution >= 0.6 is 0 Å². The predicted octanol–water partition coefficient (Wildman–Crippen LogP) is 2.60. The summed E-state index contributed by atoms with van der Waals surface area (Å²) < 4.78 is 0. The van der Waals surface area contributed by atoms with Crippen LogP contribution in [0.2, 0.25) is 0 Å². The van der Waals surface area contributed by atoms with Crippen LogP contribution in [0.5, 0.6) is 0 Å². The third-order valence-corrected chi connectivity index (χ3v) is 5.30. The molecule has 102 valence electrons. The Bertz CT molecular complexity index is 305. The van der Waals surface area contributed by atoms with Crippen molar-refractivity contribution in [2.24, 2.45) is 11.3 Å². The smallest absolute Gasteiger partial charge is 0.0861 e. The lowest BCUT2D eigenvalue weighted by Crippen LogP contribution is -2.50. The highest BCUT2D eigenvalue weighted by Crippen LogP contribution is 2.50. The van der Waals surface area contributed by atoms with E-state index < -0.39 is 11.0 Å². The van der Waals surface area contributed by atoms with Gasteiger partial charge < -0.3 is 10.4 Å².